The second-order valence-electron chi connectivity index (χ2n) is 7.08. The molecule has 2 amide bonds. The summed E-state index contributed by atoms with van der Waals surface area (Å²) in [5.41, 5.74) is 2.73. The van der Waals surface area contributed by atoms with E-state index in [0.29, 0.717) is 19.5 Å². The summed E-state index contributed by atoms with van der Waals surface area (Å²) in [5, 5.41) is 4.25. The molecule has 1 atom stereocenters. The largest absolute Gasteiger partial charge is 0.497 e. The van der Waals surface area contributed by atoms with Gasteiger partial charge in [0.2, 0.25) is 0 Å². The van der Waals surface area contributed by atoms with Crippen LogP contribution in [0.25, 0.3) is 0 Å². The minimum absolute atomic E-state index is 0.0813. The van der Waals surface area contributed by atoms with Gasteiger partial charge in [0, 0.05) is 32.6 Å². The van der Waals surface area contributed by atoms with Crippen LogP contribution in [0.5, 0.6) is 11.5 Å². The van der Waals surface area contributed by atoms with Crippen molar-refractivity contribution in [2.45, 2.75) is 19.1 Å². The van der Waals surface area contributed by atoms with Gasteiger partial charge in [0.05, 0.1) is 26.5 Å². The number of urea groups is 1. The Kier molecular flexibility index (Phi) is 6.59. The lowest BCUT2D eigenvalue weighted by Crippen LogP contribution is -2.42. The van der Waals surface area contributed by atoms with Gasteiger partial charge in [-0.2, -0.15) is 0 Å². The van der Waals surface area contributed by atoms with Crippen molar-refractivity contribution in [3.05, 3.63) is 59.7 Å². The molecule has 0 spiro atoms. The zero-order valence-corrected chi connectivity index (χ0v) is 17.3. The van der Waals surface area contributed by atoms with Crippen molar-refractivity contribution in [2.24, 2.45) is 5.16 Å². The highest BCUT2D eigenvalue weighted by Gasteiger charge is 2.28. The van der Waals surface area contributed by atoms with E-state index in [4.69, 9.17) is 14.3 Å². The van der Waals surface area contributed by atoms with E-state index in [0.717, 1.165) is 28.3 Å². The van der Waals surface area contributed by atoms with E-state index in [-0.39, 0.29) is 12.1 Å². The van der Waals surface area contributed by atoms with Crippen LogP contribution in [-0.4, -0.2) is 62.5 Å². The summed E-state index contributed by atoms with van der Waals surface area (Å²) < 4.78 is 10.7. The van der Waals surface area contributed by atoms with Gasteiger partial charge in [-0.15, -0.1) is 0 Å². The maximum Gasteiger partial charge on any atom is 0.319 e. The van der Waals surface area contributed by atoms with Crippen LogP contribution < -0.4 is 9.47 Å². The third-order valence-corrected chi connectivity index (χ3v) is 4.74. The molecule has 1 aliphatic rings. The first-order chi connectivity index (χ1) is 14.0. The molecule has 2 aromatic carbocycles. The Labute approximate surface area is 171 Å². The van der Waals surface area contributed by atoms with E-state index in [1.807, 2.05) is 48.5 Å². The molecule has 154 valence electrons. The highest BCUT2D eigenvalue weighted by Crippen LogP contribution is 2.25. The molecule has 0 aromatic heterocycles. The van der Waals surface area contributed by atoms with Gasteiger partial charge in [0.25, 0.3) is 0 Å². The zero-order valence-electron chi connectivity index (χ0n) is 17.3. The smallest absolute Gasteiger partial charge is 0.319 e. The molecule has 7 heteroatoms. The molecule has 2 aromatic rings. The van der Waals surface area contributed by atoms with Crippen molar-refractivity contribution in [3.8, 4) is 11.5 Å². The predicted octanol–water partition coefficient (Wildman–Crippen LogP) is 3.38. The first kappa shape index (κ1) is 20.5. The van der Waals surface area contributed by atoms with Crippen LogP contribution in [0, 0.1) is 0 Å². The summed E-state index contributed by atoms with van der Waals surface area (Å²) >= 11 is 0. The lowest BCUT2D eigenvalue weighted by Gasteiger charge is -2.28. The van der Waals surface area contributed by atoms with E-state index >= 15 is 0 Å². The molecule has 0 unspecified atom stereocenters. The number of hydrogen-bond donors (Lipinski definition) is 0. The van der Waals surface area contributed by atoms with Gasteiger partial charge >= 0.3 is 6.03 Å². The highest BCUT2D eigenvalue weighted by molar-refractivity contribution is 6.03. The summed E-state index contributed by atoms with van der Waals surface area (Å²) in [6.07, 6.45) is 0.389. The van der Waals surface area contributed by atoms with Crippen molar-refractivity contribution in [1.82, 2.24) is 9.80 Å². The van der Waals surface area contributed by atoms with E-state index < -0.39 is 0 Å². The van der Waals surface area contributed by atoms with E-state index in [1.165, 1.54) is 0 Å². The fourth-order valence-corrected chi connectivity index (χ4v) is 3.30. The van der Waals surface area contributed by atoms with Gasteiger partial charge < -0.3 is 24.1 Å². The van der Waals surface area contributed by atoms with Crippen LogP contribution in [0.3, 0.4) is 0 Å². The Bertz CT molecular complexity index is 882. The molecule has 3 rings (SSSR count). The minimum Gasteiger partial charge on any atom is -0.497 e. The van der Waals surface area contributed by atoms with Gasteiger partial charge in [-0.3, -0.25) is 0 Å². The summed E-state index contributed by atoms with van der Waals surface area (Å²) in [6.45, 7) is 0.883. The second kappa shape index (κ2) is 9.32. The number of carbonyl (C=O) groups excluding carboxylic acids is 1. The van der Waals surface area contributed by atoms with Crippen molar-refractivity contribution in [3.63, 3.8) is 0 Å². The first-order valence-electron chi connectivity index (χ1n) is 9.47. The monoisotopic (exact) mass is 397 g/mol. The summed E-state index contributed by atoms with van der Waals surface area (Å²) in [4.78, 5) is 21.7. The Morgan fingerprint density at radius 3 is 2.66 bits per heavy atom. The molecule has 0 radical (unpaired) electrons. The normalized spacial score (nSPS) is 15.3. The lowest BCUT2D eigenvalue weighted by molar-refractivity contribution is 0.0550. The van der Waals surface area contributed by atoms with Crippen LogP contribution in [0.4, 0.5) is 4.79 Å². The van der Waals surface area contributed by atoms with Crippen LogP contribution >= 0.6 is 0 Å². The number of ether oxygens (including phenoxy) is 2. The van der Waals surface area contributed by atoms with Crippen LogP contribution in [0.2, 0.25) is 0 Å². The fraction of sp³-hybridized carbons (Fsp3) is 0.364. The molecule has 0 bridgehead atoms. The molecule has 0 saturated heterocycles. The molecule has 0 fully saturated rings. The number of rotatable bonds is 7. The van der Waals surface area contributed by atoms with Crippen molar-refractivity contribution < 1.29 is 19.1 Å². The van der Waals surface area contributed by atoms with E-state index in [2.05, 4.69) is 5.16 Å². The third kappa shape index (κ3) is 4.99. The molecular weight excluding hydrogens is 370 g/mol. The fourth-order valence-electron chi connectivity index (χ4n) is 3.30. The Morgan fingerprint density at radius 1 is 1.14 bits per heavy atom. The number of nitrogens with zero attached hydrogens (tertiary/aromatic N) is 3. The highest BCUT2D eigenvalue weighted by atomic mass is 16.6. The van der Waals surface area contributed by atoms with E-state index in [1.54, 1.807) is 38.1 Å². The molecule has 0 aliphatic carbocycles. The number of amides is 2. The van der Waals surface area contributed by atoms with Crippen molar-refractivity contribution in [1.29, 1.82) is 0 Å². The number of hydrogen-bond acceptors (Lipinski definition) is 5. The van der Waals surface area contributed by atoms with Crippen LogP contribution in [0.15, 0.2) is 53.7 Å². The molecule has 29 heavy (non-hydrogen) atoms. The number of oxime groups is 1. The first-order valence-corrected chi connectivity index (χ1v) is 9.47. The maximum absolute atomic E-state index is 12.7. The third-order valence-electron chi connectivity index (χ3n) is 4.74. The van der Waals surface area contributed by atoms with Gasteiger partial charge in [-0.25, -0.2) is 4.79 Å². The van der Waals surface area contributed by atoms with E-state index in [9.17, 15) is 4.79 Å². The number of methoxy groups -OCH3 is 2. The SMILES string of the molecule is COc1cccc(CN(C[C@H]2CC(c3ccccc3OC)=NO2)C(=O)N(C)C)c1. The van der Waals surface area contributed by atoms with Gasteiger partial charge in [-0.05, 0) is 29.8 Å². The van der Waals surface area contributed by atoms with Crippen molar-refractivity contribution in [2.75, 3.05) is 34.9 Å². The van der Waals surface area contributed by atoms with Crippen molar-refractivity contribution >= 4 is 11.7 Å². The quantitative estimate of drug-likeness (QED) is 0.719. The average Bonchev–Trinajstić information content (AvgIpc) is 3.21. The molecule has 7 nitrogen and oxygen atoms in total. The zero-order chi connectivity index (χ0) is 20.8. The van der Waals surface area contributed by atoms with Gasteiger partial charge in [0.1, 0.15) is 11.5 Å². The molecule has 1 heterocycles. The van der Waals surface area contributed by atoms with Gasteiger partial charge in [-0.1, -0.05) is 29.4 Å². The Balaban J connectivity index is 1.71. The average molecular weight is 397 g/mol. The molecule has 0 N–H and O–H groups in total. The Hall–Kier alpha value is -3.22. The van der Waals surface area contributed by atoms with Crippen LogP contribution in [-0.2, 0) is 11.4 Å². The second-order valence-corrected chi connectivity index (χ2v) is 7.08. The standard InChI is InChI=1S/C22H27N3O4/c1-24(2)22(26)25(14-16-8-7-9-17(12-16)27-3)15-18-13-20(23-29-18)19-10-5-6-11-21(19)28-4/h5-12,18H,13-15H2,1-4H3/t18-/m1/s1. The van der Waals surface area contributed by atoms with Gasteiger partial charge in [0.15, 0.2) is 6.10 Å². The number of para-hydroxylation sites is 1. The summed E-state index contributed by atoms with van der Waals surface area (Å²) in [5.74, 6) is 1.52. The predicted molar refractivity (Wildman–Crippen MR) is 112 cm³/mol. The maximum atomic E-state index is 12.7. The Morgan fingerprint density at radius 2 is 1.93 bits per heavy atom. The van der Waals surface area contributed by atoms with Crippen LogP contribution in [0.1, 0.15) is 17.5 Å². The summed E-state index contributed by atoms with van der Waals surface area (Å²) in [7, 11) is 6.75. The molecule has 1 aliphatic heterocycles. The lowest BCUT2D eigenvalue weighted by atomic mass is 10.0. The number of benzene rings is 2. The minimum atomic E-state index is -0.218. The number of carbonyl (C=O) groups is 1. The molecule has 0 saturated carbocycles. The summed E-state index contributed by atoms with van der Waals surface area (Å²) in [6, 6.07) is 15.4. The molecular formula is C22H27N3O4. The topological polar surface area (TPSA) is 63.6 Å².